The summed E-state index contributed by atoms with van der Waals surface area (Å²) < 4.78 is 0. The Hall–Kier alpha value is -2.68. The van der Waals surface area contributed by atoms with Crippen LogP contribution in [0.2, 0.25) is 0 Å². The number of fused-ring (bicyclic) bond motifs is 1. The first-order valence-corrected chi connectivity index (χ1v) is 7.92. The van der Waals surface area contributed by atoms with Crippen LogP contribution in [-0.4, -0.2) is 10.9 Å². The molecule has 0 bridgehead atoms. The smallest absolute Gasteiger partial charge is 0.270 e. The summed E-state index contributed by atoms with van der Waals surface area (Å²) in [5.41, 5.74) is 2.37. The molecular weight excluding hydrogens is 284 g/mol. The Kier molecular flexibility index (Phi) is 3.15. The van der Waals surface area contributed by atoms with Crippen LogP contribution in [0.4, 0.5) is 0 Å². The zero-order valence-electron chi connectivity index (χ0n) is 13.0. The molecule has 0 aliphatic heterocycles. The second-order valence-corrected chi connectivity index (χ2v) is 6.23. The fourth-order valence-corrected chi connectivity index (χ4v) is 3.23. The predicted octanol–water partition coefficient (Wildman–Crippen LogP) is 3.96. The van der Waals surface area contributed by atoms with Crippen LogP contribution in [0.15, 0.2) is 60.8 Å². The van der Waals surface area contributed by atoms with Crippen molar-refractivity contribution in [2.45, 2.75) is 25.3 Å². The lowest BCUT2D eigenvalue weighted by Crippen LogP contribution is -2.35. The molecule has 114 valence electrons. The molecular formula is C20H18N2O. The summed E-state index contributed by atoms with van der Waals surface area (Å²) in [4.78, 5) is 16.9. The molecule has 1 amide bonds. The summed E-state index contributed by atoms with van der Waals surface area (Å²) in [5.74, 6) is -0.0893. The molecule has 3 nitrogen and oxygen atoms in total. The average Bonchev–Trinajstić information content (AvgIpc) is 3.35. The highest BCUT2D eigenvalue weighted by molar-refractivity contribution is 5.95. The molecule has 1 N–H and O–H groups in total. The van der Waals surface area contributed by atoms with Crippen molar-refractivity contribution in [2.75, 3.05) is 0 Å². The number of nitrogens with one attached hydrogen (secondary N) is 1. The lowest BCUT2D eigenvalue weighted by molar-refractivity contribution is 0.0925. The summed E-state index contributed by atoms with van der Waals surface area (Å²) in [7, 11) is 0. The highest BCUT2D eigenvalue weighted by Crippen LogP contribution is 2.48. The summed E-state index contributed by atoms with van der Waals surface area (Å²) in [6.07, 6.45) is 3.61. The molecule has 1 aliphatic carbocycles. The Bertz CT molecular complexity index is 892. The van der Waals surface area contributed by atoms with Crippen molar-refractivity contribution in [2.24, 2.45) is 0 Å². The van der Waals surface area contributed by atoms with Crippen LogP contribution in [0.1, 0.15) is 34.5 Å². The van der Waals surface area contributed by atoms with Gasteiger partial charge in [-0.25, -0.2) is 0 Å². The first-order chi connectivity index (χ1) is 11.2. The molecule has 1 aliphatic rings. The molecule has 0 radical (unpaired) electrons. The van der Waals surface area contributed by atoms with Crippen molar-refractivity contribution in [3.63, 3.8) is 0 Å². The van der Waals surface area contributed by atoms with Gasteiger partial charge in [0.25, 0.3) is 5.91 Å². The van der Waals surface area contributed by atoms with Crippen molar-refractivity contribution in [3.05, 3.63) is 77.6 Å². The van der Waals surface area contributed by atoms with E-state index in [-0.39, 0.29) is 11.4 Å². The van der Waals surface area contributed by atoms with Gasteiger partial charge >= 0.3 is 0 Å². The van der Waals surface area contributed by atoms with Crippen molar-refractivity contribution in [1.82, 2.24) is 10.3 Å². The fourth-order valence-electron chi connectivity index (χ4n) is 3.23. The largest absolute Gasteiger partial charge is 0.341 e. The van der Waals surface area contributed by atoms with E-state index in [1.807, 2.05) is 31.2 Å². The van der Waals surface area contributed by atoms with Gasteiger partial charge in [0.15, 0.2) is 0 Å². The fraction of sp³-hybridized carbons (Fsp3) is 0.200. The van der Waals surface area contributed by atoms with Crippen molar-refractivity contribution < 1.29 is 4.79 Å². The number of benzene rings is 2. The van der Waals surface area contributed by atoms with Crippen LogP contribution < -0.4 is 5.32 Å². The van der Waals surface area contributed by atoms with Crippen LogP contribution >= 0.6 is 0 Å². The zero-order chi connectivity index (χ0) is 15.9. The van der Waals surface area contributed by atoms with E-state index in [4.69, 9.17) is 0 Å². The van der Waals surface area contributed by atoms with Gasteiger partial charge < -0.3 is 5.32 Å². The second-order valence-electron chi connectivity index (χ2n) is 6.23. The molecule has 0 spiro atoms. The van der Waals surface area contributed by atoms with Crippen molar-refractivity contribution in [1.29, 1.82) is 0 Å². The normalized spacial score (nSPS) is 15.3. The quantitative estimate of drug-likeness (QED) is 0.795. The molecule has 1 heterocycles. The molecule has 0 unspecified atom stereocenters. The third-order valence-corrected chi connectivity index (χ3v) is 4.63. The number of aromatic nitrogens is 1. The topological polar surface area (TPSA) is 42.0 Å². The van der Waals surface area contributed by atoms with Crippen LogP contribution in [0.5, 0.6) is 0 Å². The van der Waals surface area contributed by atoms with Gasteiger partial charge in [-0.15, -0.1) is 0 Å². The lowest BCUT2D eigenvalue weighted by Gasteiger charge is -2.20. The molecule has 3 aromatic rings. The van der Waals surface area contributed by atoms with E-state index in [0.29, 0.717) is 5.69 Å². The van der Waals surface area contributed by atoms with E-state index in [1.165, 1.54) is 16.3 Å². The van der Waals surface area contributed by atoms with Gasteiger partial charge in [-0.2, -0.15) is 0 Å². The zero-order valence-corrected chi connectivity index (χ0v) is 13.0. The number of carbonyl (C=O) groups is 1. The minimum atomic E-state index is -0.248. The van der Waals surface area contributed by atoms with E-state index in [9.17, 15) is 4.79 Å². The van der Waals surface area contributed by atoms with Gasteiger partial charge in [0.1, 0.15) is 5.69 Å². The van der Waals surface area contributed by atoms with Gasteiger partial charge in [-0.1, -0.05) is 48.5 Å². The molecule has 1 saturated carbocycles. The SMILES string of the molecule is Cc1cccnc1C(=O)NC1(c2cccc3ccccc23)CC1. The van der Waals surface area contributed by atoms with Crippen LogP contribution in [0.25, 0.3) is 10.8 Å². The Balaban J connectivity index is 1.71. The number of pyridine rings is 1. The Morgan fingerprint density at radius 3 is 2.61 bits per heavy atom. The van der Waals surface area contributed by atoms with Crippen molar-refractivity contribution in [3.8, 4) is 0 Å². The Labute approximate surface area is 135 Å². The maximum atomic E-state index is 12.7. The molecule has 0 atom stereocenters. The number of aryl methyl sites for hydroxylation is 1. The van der Waals surface area contributed by atoms with Crippen molar-refractivity contribution >= 4 is 16.7 Å². The predicted molar refractivity (Wildman–Crippen MR) is 91.3 cm³/mol. The molecule has 1 fully saturated rings. The number of hydrogen-bond acceptors (Lipinski definition) is 2. The highest BCUT2D eigenvalue weighted by Gasteiger charge is 2.46. The van der Waals surface area contributed by atoms with Gasteiger partial charge in [0.05, 0.1) is 5.54 Å². The van der Waals surface area contributed by atoms with Gasteiger partial charge in [0, 0.05) is 6.20 Å². The highest BCUT2D eigenvalue weighted by atomic mass is 16.2. The number of hydrogen-bond donors (Lipinski definition) is 1. The van der Waals surface area contributed by atoms with Crippen LogP contribution in [0, 0.1) is 6.92 Å². The summed E-state index contributed by atoms with van der Waals surface area (Å²) in [6, 6.07) is 18.4. The van der Waals surface area contributed by atoms with E-state index in [0.717, 1.165) is 18.4 Å². The first kappa shape index (κ1) is 13.9. The second kappa shape index (κ2) is 5.20. The third-order valence-electron chi connectivity index (χ3n) is 4.63. The maximum absolute atomic E-state index is 12.7. The monoisotopic (exact) mass is 302 g/mol. The van der Waals surface area contributed by atoms with E-state index in [1.54, 1.807) is 6.20 Å². The maximum Gasteiger partial charge on any atom is 0.270 e. The minimum Gasteiger partial charge on any atom is -0.341 e. The summed E-state index contributed by atoms with van der Waals surface area (Å²) in [5, 5.41) is 5.65. The van der Waals surface area contributed by atoms with Crippen LogP contribution in [0.3, 0.4) is 0 Å². The standard InChI is InChI=1S/C20H18N2O/c1-14-6-5-13-21-18(14)19(23)22-20(11-12-20)17-10-4-8-15-7-2-3-9-16(15)17/h2-10,13H,11-12H2,1H3,(H,22,23). The molecule has 1 aromatic heterocycles. The number of amides is 1. The minimum absolute atomic E-state index is 0.0893. The number of rotatable bonds is 3. The summed E-state index contributed by atoms with van der Waals surface area (Å²) in [6.45, 7) is 1.92. The van der Waals surface area contributed by atoms with E-state index in [2.05, 4.69) is 40.6 Å². The van der Waals surface area contributed by atoms with Gasteiger partial charge in [0.2, 0.25) is 0 Å². The Morgan fingerprint density at radius 1 is 1.04 bits per heavy atom. The average molecular weight is 302 g/mol. The number of carbonyl (C=O) groups excluding carboxylic acids is 1. The number of nitrogens with zero attached hydrogens (tertiary/aromatic N) is 1. The molecule has 4 rings (SSSR count). The lowest BCUT2D eigenvalue weighted by atomic mass is 9.96. The molecule has 23 heavy (non-hydrogen) atoms. The molecule has 0 saturated heterocycles. The van der Waals surface area contributed by atoms with Gasteiger partial charge in [-0.05, 0) is 47.7 Å². The van der Waals surface area contributed by atoms with Gasteiger partial charge in [-0.3, -0.25) is 9.78 Å². The Morgan fingerprint density at radius 2 is 1.83 bits per heavy atom. The summed E-state index contributed by atoms with van der Waals surface area (Å²) >= 11 is 0. The first-order valence-electron chi connectivity index (χ1n) is 7.92. The molecule has 3 heteroatoms. The van der Waals surface area contributed by atoms with Crippen LogP contribution in [-0.2, 0) is 5.54 Å². The third kappa shape index (κ3) is 2.38. The van der Waals surface area contributed by atoms with E-state index >= 15 is 0 Å². The molecule has 2 aromatic carbocycles. The van der Waals surface area contributed by atoms with E-state index < -0.39 is 0 Å².